The van der Waals surface area contributed by atoms with E-state index in [1.54, 1.807) is 0 Å². The second kappa shape index (κ2) is 4.91. The Morgan fingerprint density at radius 1 is 1.38 bits per heavy atom. The highest BCUT2D eigenvalue weighted by Gasteiger charge is 2.35. The summed E-state index contributed by atoms with van der Waals surface area (Å²) in [5, 5.41) is 3.31. The fourth-order valence-corrected chi connectivity index (χ4v) is 2.09. The molecule has 0 heterocycles. The first-order chi connectivity index (χ1) is 7.70. The van der Waals surface area contributed by atoms with E-state index in [0.717, 1.165) is 12.0 Å². The standard InChI is InChI=1S/C13H17F2N/c1-2-3-9-6-13(9)16-8-10-4-5-11(14)7-12(10)15/h4-5,7,9,13,16H,2-3,6,8H2,1H3. The van der Waals surface area contributed by atoms with Gasteiger partial charge in [0.05, 0.1) is 0 Å². The zero-order valence-electron chi connectivity index (χ0n) is 9.47. The molecule has 0 bridgehead atoms. The zero-order valence-corrected chi connectivity index (χ0v) is 9.47. The number of benzene rings is 1. The minimum Gasteiger partial charge on any atom is -0.310 e. The van der Waals surface area contributed by atoms with Crippen molar-refractivity contribution >= 4 is 0 Å². The summed E-state index contributed by atoms with van der Waals surface area (Å²) in [6, 6.07) is 4.28. The van der Waals surface area contributed by atoms with Gasteiger partial charge in [0, 0.05) is 24.2 Å². The van der Waals surface area contributed by atoms with Crippen molar-refractivity contribution in [1.82, 2.24) is 5.32 Å². The number of hydrogen-bond acceptors (Lipinski definition) is 1. The second-order valence-electron chi connectivity index (χ2n) is 4.51. The maximum atomic E-state index is 13.3. The van der Waals surface area contributed by atoms with E-state index in [1.807, 2.05) is 0 Å². The quantitative estimate of drug-likeness (QED) is 0.811. The minimum absolute atomic E-state index is 0.458. The topological polar surface area (TPSA) is 12.0 Å². The summed E-state index contributed by atoms with van der Waals surface area (Å²) in [5.41, 5.74) is 0.545. The molecular formula is C13H17F2N. The van der Waals surface area contributed by atoms with Gasteiger partial charge < -0.3 is 5.32 Å². The lowest BCUT2D eigenvalue weighted by Gasteiger charge is -2.05. The average Bonchev–Trinajstić information content (AvgIpc) is 2.96. The molecule has 16 heavy (non-hydrogen) atoms. The first-order valence-electron chi connectivity index (χ1n) is 5.88. The summed E-state index contributed by atoms with van der Waals surface area (Å²) in [4.78, 5) is 0. The van der Waals surface area contributed by atoms with Gasteiger partial charge in [-0.3, -0.25) is 0 Å². The van der Waals surface area contributed by atoms with Crippen molar-refractivity contribution in [3.63, 3.8) is 0 Å². The Hall–Kier alpha value is -0.960. The van der Waals surface area contributed by atoms with E-state index in [2.05, 4.69) is 12.2 Å². The van der Waals surface area contributed by atoms with E-state index in [0.29, 0.717) is 18.2 Å². The first-order valence-corrected chi connectivity index (χ1v) is 5.88. The van der Waals surface area contributed by atoms with Crippen LogP contribution >= 0.6 is 0 Å². The maximum Gasteiger partial charge on any atom is 0.130 e. The third-order valence-corrected chi connectivity index (χ3v) is 3.15. The highest BCUT2D eigenvalue weighted by Crippen LogP contribution is 2.34. The molecule has 1 aliphatic carbocycles. The monoisotopic (exact) mass is 225 g/mol. The molecule has 0 saturated heterocycles. The molecule has 2 rings (SSSR count). The number of halogens is 2. The van der Waals surface area contributed by atoms with E-state index in [1.165, 1.54) is 31.4 Å². The van der Waals surface area contributed by atoms with Gasteiger partial charge in [-0.15, -0.1) is 0 Å². The van der Waals surface area contributed by atoms with Gasteiger partial charge in [-0.25, -0.2) is 8.78 Å². The highest BCUT2D eigenvalue weighted by atomic mass is 19.1. The summed E-state index contributed by atoms with van der Waals surface area (Å²) >= 11 is 0. The summed E-state index contributed by atoms with van der Waals surface area (Å²) in [6.07, 6.45) is 3.63. The molecule has 3 heteroatoms. The van der Waals surface area contributed by atoms with Gasteiger partial charge in [0.2, 0.25) is 0 Å². The Morgan fingerprint density at radius 2 is 2.19 bits per heavy atom. The van der Waals surface area contributed by atoms with Crippen LogP contribution in [-0.2, 0) is 6.54 Å². The number of hydrogen-bond donors (Lipinski definition) is 1. The molecule has 1 nitrogen and oxygen atoms in total. The normalized spacial score (nSPS) is 23.4. The van der Waals surface area contributed by atoms with Crippen molar-refractivity contribution in [2.45, 2.75) is 38.8 Å². The molecule has 0 aliphatic heterocycles. The van der Waals surface area contributed by atoms with Crippen LogP contribution in [0.3, 0.4) is 0 Å². The Labute approximate surface area is 94.9 Å². The summed E-state index contributed by atoms with van der Waals surface area (Å²) in [5.74, 6) is -0.217. The SMILES string of the molecule is CCCC1CC1NCc1ccc(F)cc1F. The van der Waals surface area contributed by atoms with E-state index in [4.69, 9.17) is 0 Å². The molecular weight excluding hydrogens is 208 g/mol. The maximum absolute atomic E-state index is 13.3. The summed E-state index contributed by atoms with van der Waals surface area (Å²) < 4.78 is 25.9. The summed E-state index contributed by atoms with van der Waals surface area (Å²) in [7, 11) is 0. The van der Waals surface area contributed by atoms with Crippen molar-refractivity contribution in [3.05, 3.63) is 35.4 Å². The van der Waals surface area contributed by atoms with Gasteiger partial charge in [0.25, 0.3) is 0 Å². The molecule has 2 atom stereocenters. The Bertz CT molecular complexity index is 365. The smallest absolute Gasteiger partial charge is 0.130 e. The van der Waals surface area contributed by atoms with Crippen LogP contribution < -0.4 is 5.32 Å². The van der Waals surface area contributed by atoms with E-state index in [-0.39, 0.29) is 0 Å². The fraction of sp³-hybridized carbons (Fsp3) is 0.538. The van der Waals surface area contributed by atoms with Gasteiger partial charge in [-0.2, -0.15) is 0 Å². The Balaban J connectivity index is 1.82. The molecule has 1 fully saturated rings. The third-order valence-electron chi connectivity index (χ3n) is 3.15. The van der Waals surface area contributed by atoms with Gasteiger partial charge >= 0.3 is 0 Å². The molecule has 88 valence electrons. The lowest BCUT2D eigenvalue weighted by Crippen LogP contribution is -2.18. The fourth-order valence-electron chi connectivity index (χ4n) is 2.09. The van der Waals surface area contributed by atoms with E-state index >= 15 is 0 Å². The van der Waals surface area contributed by atoms with E-state index in [9.17, 15) is 8.78 Å². The molecule has 0 spiro atoms. The Morgan fingerprint density at radius 3 is 2.88 bits per heavy atom. The predicted molar refractivity (Wildman–Crippen MR) is 60.0 cm³/mol. The van der Waals surface area contributed by atoms with Crippen molar-refractivity contribution in [2.75, 3.05) is 0 Å². The van der Waals surface area contributed by atoms with Crippen LogP contribution in [-0.4, -0.2) is 6.04 Å². The lowest BCUT2D eigenvalue weighted by molar-refractivity contribution is 0.549. The first kappa shape index (κ1) is 11.5. The third kappa shape index (κ3) is 2.79. The van der Waals surface area contributed by atoms with Crippen LogP contribution in [0, 0.1) is 17.6 Å². The summed E-state index contributed by atoms with van der Waals surface area (Å²) in [6.45, 7) is 2.67. The molecule has 0 radical (unpaired) electrons. The van der Waals surface area contributed by atoms with Crippen LogP contribution in [0.1, 0.15) is 31.7 Å². The molecule has 1 saturated carbocycles. The van der Waals surface area contributed by atoms with Gasteiger partial charge in [-0.05, 0) is 24.8 Å². The van der Waals surface area contributed by atoms with Crippen molar-refractivity contribution in [3.8, 4) is 0 Å². The van der Waals surface area contributed by atoms with Gasteiger partial charge in [0.15, 0.2) is 0 Å². The average molecular weight is 225 g/mol. The van der Waals surface area contributed by atoms with Crippen LogP contribution in [0.4, 0.5) is 8.78 Å². The van der Waals surface area contributed by atoms with Gasteiger partial charge in [0.1, 0.15) is 11.6 Å². The minimum atomic E-state index is -0.517. The number of nitrogens with one attached hydrogen (secondary N) is 1. The van der Waals surface area contributed by atoms with Crippen LogP contribution in [0.15, 0.2) is 18.2 Å². The zero-order chi connectivity index (χ0) is 11.5. The Kier molecular flexibility index (Phi) is 3.54. The molecule has 0 aromatic heterocycles. The molecule has 1 aliphatic rings. The van der Waals surface area contributed by atoms with Crippen molar-refractivity contribution < 1.29 is 8.78 Å². The van der Waals surface area contributed by atoms with E-state index < -0.39 is 11.6 Å². The molecule has 2 unspecified atom stereocenters. The number of rotatable bonds is 5. The molecule has 0 amide bonds. The van der Waals surface area contributed by atoms with Crippen LogP contribution in [0.2, 0.25) is 0 Å². The van der Waals surface area contributed by atoms with Gasteiger partial charge in [-0.1, -0.05) is 19.4 Å². The molecule has 1 N–H and O–H groups in total. The molecule has 1 aromatic carbocycles. The highest BCUT2D eigenvalue weighted by molar-refractivity contribution is 5.18. The largest absolute Gasteiger partial charge is 0.310 e. The second-order valence-corrected chi connectivity index (χ2v) is 4.51. The predicted octanol–water partition coefficient (Wildman–Crippen LogP) is 3.24. The van der Waals surface area contributed by atoms with Crippen molar-refractivity contribution in [2.24, 2.45) is 5.92 Å². The van der Waals surface area contributed by atoms with Crippen LogP contribution in [0.5, 0.6) is 0 Å². The lowest BCUT2D eigenvalue weighted by atomic mass is 10.2. The van der Waals surface area contributed by atoms with Crippen molar-refractivity contribution in [1.29, 1.82) is 0 Å². The van der Waals surface area contributed by atoms with Crippen LogP contribution in [0.25, 0.3) is 0 Å². The molecule has 1 aromatic rings.